The van der Waals surface area contributed by atoms with Gasteiger partial charge in [-0.1, -0.05) is 96.8 Å². The molecule has 8 rings (SSSR count). The molecule has 2 saturated heterocycles. The van der Waals surface area contributed by atoms with E-state index in [9.17, 15) is 29.4 Å². The van der Waals surface area contributed by atoms with Crippen LogP contribution in [-0.4, -0.2) is 77.0 Å². The average Bonchev–Trinajstić information content (AvgIpc) is 4.12. The molecule has 4 amide bonds. The van der Waals surface area contributed by atoms with Crippen LogP contribution in [0.4, 0.5) is 9.59 Å². The number of benzene rings is 4. The predicted octanol–water partition coefficient (Wildman–Crippen LogP) is 7.21. The van der Waals surface area contributed by atoms with E-state index < -0.39 is 24.3 Å². The van der Waals surface area contributed by atoms with Gasteiger partial charge in [0.25, 0.3) is 11.8 Å². The van der Waals surface area contributed by atoms with Crippen molar-refractivity contribution in [3.63, 3.8) is 0 Å². The number of carbonyl (C=O) groups is 4. The van der Waals surface area contributed by atoms with Crippen LogP contribution in [0.15, 0.2) is 122 Å². The lowest BCUT2D eigenvalue weighted by atomic mass is 10.1. The summed E-state index contributed by atoms with van der Waals surface area (Å²) in [6.07, 6.45) is 3.92. The maximum atomic E-state index is 13.7. The van der Waals surface area contributed by atoms with E-state index in [2.05, 4.69) is 42.4 Å². The van der Waals surface area contributed by atoms with Gasteiger partial charge in [-0.15, -0.1) is 0 Å². The van der Waals surface area contributed by atoms with Crippen LogP contribution in [0.25, 0.3) is 22.5 Å². The molecule has 2 aliphatic heterocycles. The van der Waals surface area contributed by atoms with Gasteiger partial charge in [-0.25, -0.2) is 19.6 Å². The Bertz CT molecular complexity index is 2370. The number of aromatic nitrogens is 4. The van der Waals surface area contributed by atoms with Crippen LogP contribution in [0.5, 0.6) is 0 Å². The molecule has 14 heteroatoms. The maximum absolute atomic E-state index is 13.7. The molecule has 6 N–H and O–H groups in total. The first-order chi connectivity index (χ1) is 29.2. The van der Waals surface area contributed by atoms with Crippen molar-refractivity contribution in [1.82, 2.24) is 40.4 Å². The molecule has 2 aromatic heterocycles. The van der Waals surface area contributed by atoms with Gasteiger partial charge in [0.2, 0.25) is 0 Å². The van der Waals surface area contributed by atoms with Crippen LogP contribution in [0.2, 0.25) is 0 Å². The predicted molar refractivity (Wildman–Crippen MR) is 222 cm³/mol. The molecule has 2 fully saturated rings. The van der Waals surface area contributed by atoms with Crippen LogP contribution in [0.1, 0.15) is 83.8 Å². The molecule has 2 aliphatic rings. The third kappa shape index (κ3) is 8.60. The summed E-state index contributed by atoms with van der Waals surface area (Å²) >= 11 is 0. The second-order valence-electron chi connectivity index (χ2n) is 14.7. The number of carbonyl (C=O) groups excluding carboxylic acids is 2. The van der Waals surface area contributed by atoms with E-state index in [4.69, 9.17) is 0 Å². The van der Waals surface area contributed by atoms with E-state index >= 15 is 0 Å². The summed E-state index contributed by atoms with van der Waals surface area (Å²) in [5, 5.41) is 23.7. The van der Waals surface area contributed by atoms with Gasteiger partial charge in [-0.05, 0) is 72.2 Å². The number of H-pyrrole nitrogens is 2. The number of imidazole rings is 2. The number of nitrogens with one attached hydrogen (secondary N) is 4. The van der Waals surface area contributed by atoms with Crippen molar-refractivity contribution in [2.24, 2.45) is 0 Å². The van der Waals surface area contributed by atoms with Crippen molar-refractivity contribution in [2.75, 3.05) is 13.1 Å². The molecule has 14 nitrogen and oxygen atoms in total. The maximum Gasteiger partial charge on any atom is 0.405 e. The van der Waals surface area contributed by atoms with Crippen LogP contribution in [-0.2, 0) is 9.59 Å². The molecule has 4 aromatic carbocycles. The van der Waals surface area contributed by atoms with Crippen LogP contribution >= 0.6 is 0 Å². The number of hydrogen-bond donors (Lipinski definition) is 6. The minimum absolute atomic E-state index is 0.309. The lowest BCUT2D eigenvalue weighted by Gasteiger charge is -2.28. The van der Waals surface area contributed by atoms with Crippen LogP contribution in [0.3, 0.4) is 0 Å². The quantitative estimate of drug-likeness (QED) is 0.0782. The summed E-state index contributed by atoms with van der Waals surface area (Å²) in [6.45, 7) is 1.00. The van der Waals surface area contributed by atoms with Crippen molar-refractivity contribution < 1.29 is 29.4 Å². The molecule has 4 atom stereocenters. The van der Waals surface area contributed by atoms with Gasteiger partial charge in [-0.3, -0.25) is 9.59 Å². The summed E-state index contributed by atoms with van der Waals surface area (Å²) in [5.41, 5.74) is 6.22. The molecule has 6 aromatic rings. The highest BCUT2D eigenvalue weighted by Crippen LogP contribution is 2.35. The van der Waals surface area contributed by atoms with Crippen molar-refractivity contribution in [3.8, 4) is 34.4 Å². The van der Waals surface area contributed by atoms with E-state index in [1.54, 1.807) is 70.7 Å². The highest BCUT2D eigenvalue weighted by atomic mass is 16.4. The Morgan fingerprint density at radius 2 is 0.967 bits per heavy atom. The van der Waals surface area contributed by atoms with E-state index in [1.165, 1.54) is 0 Å². The molecule has 0 radical (unpaired) electrons. The highest BCUT2D eigenvalue weighted by Gasteiger charge is 2.38. The van der Waals surface area contributed by atoms with Gasteiger partial charge in [0.15, 0.2) is 0 Å². The zero-order valence-corrected chi connectivity index (χ0v) is 32.4. The molecule has 60 heavy (non-hydrogen) atoms. The normalized spacial score (nSPS) is 17.0. The second-order valence-corrected chi connectivity index (χ2v) is 14.7. The molecule has 0 aliphatic carbocycles. The summed E-state index contributed by atoms with van der Waals surface area (Å²) in [7, 11) is 0. The first kappa shape index (κ1) is 39.2. The van der Waals surface area contributed by atoms with Gasteiger partial charge in [0.1, 0.15) is 23.7 Å². The number of nitrogens with zero attached hydrogens (tertiary/aromatic N) is 4. The topological polar surface area (TPSA) is 197 Å². The number of hydrogen-bond acceptors (Lipinski definition) is 6. The zero-order valence-electron chi connectivity index (χ0n) is 32.4. The van der Waals surface area contributed by atoms with Crippen molar-refractivity contribution in [3.05, 3.63) is 155 Å². The number of aromatic amines is 2. The van der Waals surface area contributed by atoms with E-state index in [0.29, 0.717) is 48.7 Å². The Balaban J connectivity index is 0.902. The van der Waals surface area contributed by atoms with E-state index in [-0.39, 0.29) is 23.9 Å². The SMILES string of the molecule is O=C(O)NC(C(=O)N1CCCC1c1ncc(-c2ccc(C#Cc3ccc(-c4cnc([C@@H]5CCCN5C(=O)[C@H](NC(=O)O)c5ccccc5)[nH]4)cc3)cc2)[nH]1)c1ccccc1. The van der Waals surface area contributed by atoms with Crippen LogP contribution < -0.4 is 10.6 Å². The Morgan fingerprint density at radius 3 is 1.33 bits per heavy atom. The molecule has 0 saturated carbocycles. The van der Waals surface area contributed by atoms with Gasteiger partial charge in [0.05, 0.1) is 35.9 Å². The Hall–Kier alpha value is -7.66. The largest absolute Gasteiger partial charge is 0.465 e. The fourth-order valence-corrected chi connectivity index (χ4v) is 7.99. The van der Waals surface area contributed by atoms with Gasteiger partial charge in [-0.2, -0.15) is 0 Å². The number of amides is 4. The summed E-state index contributed by atoms with van der Waals surface area (Å²) in [5.74, 6) is 7.12. The van der Waals surface area contributed by atoms with Gasteiger partial charge >= 0.3 is 12.2 Å². The number of carboxylic acid groups (broad SMARTS) is 2. The second kappa shape index (κ2) is 17.5. The number of rotatable bonds is 10. The molecular weight excluding hydrogens is 761 g/mol. The summed E-state index contributed by atoms with van der Waals surface area (Å²) < 4.78 is 0. The van der Waals surface area contributed by atoms with Crippen molar-refractivity contribution in [1.29, 1.82) is 0 Å². The first-order valence-corrected chi connectivity index (χ1v) is 19.7. The van der Waals surface area contributed by atoms with Gasteiger partial charge < -0.3 is 40.6 Å². The highest BCUT2D eigenvalue weighted by molar-refractivity contribution is 5.88. The fourth-order valence-electron chi connectivity index (χ4n) is 7.99. The van der Waals surface area contributed by atoms with E-state index in [0.717, 1.165) is 46.5 Å². The summed E-state index contributed by atoms with van der Waals surface area (Å²) in [4.78, 5) is 70.0. The fraction of sp³-hybridized carbons (Fsp3) is 0.217. The first-order valence-electron chi connectivity index (χ1n) is 19.7. The van der Waals surface area contributed by atoms with Gasteiger partial charge in [0, 0.05) is 24.2 Å². The monoisotopic (exact) mass is 802 g/mol. The molecule has 4 heterocycles. The van der Waals surface area contributed by atoms with E-state index in [1.807, 2.05) is 60.7 Å². The smallest absolute Gasteiger partial charge is 0.405 e. The Labute approximate surface area is 345 Å². The van der Waals surface area contributed by atoms with Crippen LogP contribution in [0, 0.1) is 11.8 Å². The summed E-state index contributed by atoms with van der Waals surface area (Å²) in [6, 6.07) is 30.6. The molecule has 2 unspecified atom stereocenters. The van der Waals surface area contributed by atoms with Crippen molar-refractivity contribution in [2.45, 2.75) is 49.9 Å². The Morgan fingerprint density at radius 1 is 0.583 bits per heavy atom. The molecule has 0 spiro atoms. The average molecular weight is 803 g/mol. The third-order valence-corrected chi connectivity index (χ3v) is 10.9. The molecule has 0 bridgehead atoms. The zero-order chi connectivity index (χ0) is 41.6. The minimum Gasteiger partial charge on any atom is -0.465 e. The molecular formula is C46H42N8O6. The number of likely N-dealkylation sites (tertiary alicyclic amines) is 2. The standard InChI is InChI=1S/C46H42N8O6/c55-43(39(51-45(57)58)33-9-3-1-4-10-33)53-25-7-13-37(53)41-47-27-35(49-41)31-21-17-29(18-22-31)15-16-30-19-23-32(24-20-30)36-28-48-42(50-36)38-14-8-26-54(38)44(56)40(52-46(59)60)34-11-5-2-6-12-34/h1-6,9-12,17-24,27-28,37-40,51-52H,7-8,13-14,25-26H2,(H,47,49)(H,48,50)(H,57,58)(H,59,60)/t37-,38?,39+,40?/m0/s1. The third-order valence-electron chi connectivity index (χ3n) is 10.9. The van der Waals surface area contributed by atoms with Crippen molar-refractivity contribution >= 4 is 24.0 Å². The lowest BCUT2D eigenvalue weighted by molar-refractivity contribution is -0.135. The molecule has 302 valence electrons. The lowest BCUT2D eigenvalue weighted by Crippen LogP contribution is -2.42. The minimum atomic E-state index is -1.27. The Kier molecular flexibility index (Phi) is 11.4.